The number of fused-ring (bicyclic) bond motifs is 1. The summed E-state index contributed by atoms with van der Waals surface area (Å²) in [6.07, 6.45) is 1.32. The molecule has 0 aliphatic heterocycles. The second-order valence-electron chi connectivity index (χ2n) is 4.42. The van der Waals surface area contributed by atoms with Gasteiger partial charge in [-0.25, -0.2) is 0 Å². The normalized spacial score (nSPS) is 14.8. The Balaban J connectivity index is 0.000000515. The van der Waals surface area contributed by atoms with Crippen molar-refractivity contribution in [2.45, 2.75) is 26.7 Å². The van der Waals surface area contributed by atoms with Crippen molar-refractivity contribution >= 4 is 11.8 Å². The monoisotopic (exact) mass is 322 g/mol. The molecule has 0 N–H and O–H groups in total. The Kier molecular flexibility index (Phi) is 10.2. The van der Waals surface area contributed by atoms with Crippen molar-refractivity contribution in [1.29, 1.82) is 0 Å². The lowest BCUT2D eigenvalue weighted by Gasteiger charge is -2.20. The van der Waals surface area contributed by atoms with E-state index in [0.717, 1.165) is 12.0 Å². The third-order valence-electron chi connectivity index (χ3n) is 3.24. The van der Waals surface area contributed by atoms with Crippen molar-refractivity contribution in [2.75, 3.05) is 21.3 Å². The first-order chi connectivity index (χ1) is 11.0. The second-order valence-corrected chi connectivity index (χ2v) is 4.42. The first-order valence-corrected chi connectivity index (χ1v) is 7.52. The number of aryl methyl sites for hydroxylation is 1. The summed E-state index contributed by atoms with van der Waals surface area (Å²) in [5, 5.41) is 0. The van der Waals surface area contributed by atoms with E-state index in [-0.39, 0.29) is 5.78 Å². The van der Waals surface area contributed by atoms with E-state index in [1.54, 1.807) is 6.07 Å². The van der Waals surface area contributed by atoms with Crippen LogP contribution in [-0.2, 0) is 25.4 Å². The number of hydrogen-bond acceptors (Lipinski definition) is 5. The van der Waals surface area contributed by atoms with E-state index in [1.165, 1.54) is 21.3 Å². The molecule has 0 radical (unpaired) electrons. The van der Waals surface area contributed by atoms with E-state index in [2.05, 4.69) is 20.8 Å². The summed E-state index contributed by atoms with van der Waals surface area (Å²) in [6, 6.07) is 7.43. The Labute approximate surface area is 138 Å². The van der Waals surface area contributed by atoms with E-state index >= 15 is 0 Å². The molecule has 23 heavy (non-hydrogen) atoms. The minimum absolute atomic E-state index is 0.108. The van der Waals surface area contributed by atoms with E-state index in [9.17, 15) is 9.59 Å². The average molecular weight is 322 g/mol. The number of benzene rings is 1. The predicted molar refractivity (Wildman–Crippen MR) is 89.1 cm³/mol. The first-order valence-electron chi connectivity index (χ1n) is 7.52. The molecule has 0 amide bonds. The molecule has 1 aliphatic rings. The Morgan fingerprint density at radius 1 is 1.09 bits per heavy atom. The highest BCUT2D eigenvalue weighted by Crippen LogP contribution is 2.25. The van der Waals surface area contributed by atoms with E-state index in [0.29, 0.717) is 17.9 Å². The number of carbonyl (C=O) groups excluding carboxylic acids is 2. The third kappa shape index (κ3) is 6.14. The fraction of sp³-hybridized carbons (Fsp3) is 0.444. The van der Waals surface area contributed by atoms with Gasteiger partial charge in [0.2, 0.25) is 0 Å². The van der Waals surface area contributed by atoms with Crippen LogP contribution < -0.4 is 0 Å². The van der Waals surface area contributed by atoms with Crippen LogP contribution in [0.15, 0.2) is 36.8 Å². The summed E-state index contributed by atoms with van der Waals surface area (Å²) in [5.41, 5.74) is 1.70. The van der Waals surface area contributed by atoms with Gasteiger partial charge in [-0.05, 0) is 25.0 Å². The molecule has 1 aromatic rings. The lowest BCUT2D eigenvalue weighted by molar-refractivity contribution is -0.143. The molecule has 0 fully saturated rings. The highest BCUT2D eigenvalue weighted by Gasteiger charge is 2.33. The van der Waals surface area contributed by atoms with Crippen molar-refractivity contribution < 1.29 is 23.8 Å². The predicted octanol–water partition coefficient (Wildman–Crippen LogP) is 3.38. The quantitative estimate of drug-likeness (QED) is 0.485. The molecule has 1 atom stereocenters. The maximum atomic E-state index is 11.9. The van der Waals surface area contributed by atoms with Crippen LogP contribution in [0.2, 0.25) is 0 Å². The Hall–Kier alpha value is -2.30. The zero-order valence-corrected chi connectivity index (χ0v) is 14.5. The molecule has 1 aromatic carbocycles. The summed E-state index contributed by atoms with van der Waals surface area (Å²) >= 11 is 0. The number of rotatable bonds is 3. The van der Waals surface area contributed by atoms with Crippen LogP contribution in [0.25, 0.3) is 0 Å². The van der Waals surface area contributed by atoms with E-state index in [1.807, 2.05) is 32.0 Å². The number of esters is 1. The van der Waals surface area contributed by atoms with Gasteiger partial charge in [-0.2, -0.15) is 0 Å². The number of ether oxygens (including phenoxy) is 3. The SMILES string of the molecule is C=C(OC)OC.CC.COC(=O)C1CCc2ccccc2C1=O. The van der Waals surface area contributed by atoms with E-state index < -0.39 is 11.9 Å². The molecule has 5 nitrogen and oxygen atoms in total. The van der Waals surface area contributed by atoms with Crippen molar-refractivity contribution in [1.82, 2.24) is 0 Å². The minimum Gasteiger partial charge on any atom is -0.469 e. The molecule has 5 heteroatoms. The number of hydrogen-bond donors (Lipinski definition) is 0. The fourth-order valence-corrected chi connectivity index (χ4v) is 2.05. The second kappa shape index (κ2) is 11.3. The Morgan fingerprint density at radius 3 is 2.13 bits per heavy atom. The highest BCUT2D eigenvalue weighted by atomic mass is 16.7. The smallest absolute Gasteiger partial charge is 0.316 e. The molecule has 0 saturated heterocycles. The molecule has 1 aliphatic carbocycles. The molecule has 0 heterocycles. The molecule has 1 unspecified atom stereocenters. The number of carbonyl (C=O) groups is 2. The van der Waals surface area contributed by atoms with Gasteiger partial charge in [0.15, 0.2) is 5.78 Å². The number of ketones is 1. The Morgan fingerprint density at radius 2 is 1.65 bits per heavy atom. The van der Waals surface area contributed by atoms with Gasteiger partial charge >= 0.3 is 5.97 Å². The summed E-state index contributed by atoms with van der Waals surface area (Å²) in [4.78, 5) is 23.3. The summed E-state index contributed by atoms with van der Waals surface area (Å²) < 4.78 is 13.6. The molecule has 0 saturated carbocycles. The maximum Gasteiger partial charge on any atom is 0.316 e. The van der Waals surface area contributed by atoms with Crippen LogP contribution in [-0.4, -0.2) is 33.1 Å². The molecular weight excluding hydrogens is 296 g/mol. The van der Waals surface area contributed by atoms with Crippen molar-refractivity contribution in [2.24, 2.45) is 5.92 Å². The summed E-state index contributed by atoms with van der Waals surface area (Å²) in [6.45, 7) is 7.35. The van der Waals surface area contributed by atoms with Gasteiger partial charge in [0.05, 0.1) is 21.3 Å². The Bertz CT molecular complexity index is 516. The standard InChI is InChI=1S/C12H12O3.C4H8O2.C2H6/c1-15-12(14)10-7-6-8-4-2-3-5-9(8)11(10)13;1-4(5-2)6-3;1-2/h2-5,10H,6-7H2,1H3;1H2,2-3H3;1-2H3. The van der Waals surface area contributed by atoms with Crippen LogP contribution >= 0.6 is 0 Å². The van der Waals surface area contributed by atoms with Gasteiger partial charge in [-0.1, -0.05) is 38.1 Å². The molecule has 2 rings (SSSR count). The van der Waals surface area contributed by atoms with Crippen LogP contribution in [0.4, 0.5) is 0 Å². The summed E-state index contributed by atoms with van der Waals surface area (Å²) in [5.74, 6) is -0.793. The zero-order valence-electron chi connectivity index (χ0n) is 14.5. The van der Waals surface area contributed by atoms with Gasteiger partial charge in [0.1, 0.15) is 5.92 Å². The molecule has 128 valence electrons. The van der Waals surface area contributed by atoms with Gasteiger partial charge in [-0.3, -0.25) is 9.59 Å². The van der Waals surface area contributed by atoms with Crippen molar-refractivity contribution in [3.63, 3.8) is 0 Å². The maximum absolute atomic E-state index is 11.9. The zero-order chi connectivity index (χ0) is 17.8. The third-order valence-corrected chi connectivity index (χ3v) is 3.24. The molecular formula is C18H26O5. The van der Waals surface area contributed by atoms with Gasteiger partial charge in [0.25, 0.3) is 5.95 Å². The summed E-state index contributed by atoms with van der Waals surface area (Å²) in [7, 11) is 4.33. The largest absolute Gasteiger partial charge is 0.469 e. The van der Waals surface area contributed by atoms with Gasteiger partial charge in [-0.15, -0.1) is 0 Å². The number of methoxy groups -OCH3 is 3. The van der Waals surface area contributed by atoms with E-state index in [4.69, 9.17) is 0 Å². The van der Waals surface area contributed by atoms with Gasteiger partial charge < -0.3 is 14.2 Å². The van der Waals surface area contributed by atoms with Crippen LogP contribution in [0.1, 0.15) is 36.2 Å². The highest BCUT2D eigenvalue weighted by molar-refractivity contribution is 6.10. The average Bonchev–Trinajstić information content (AvgIpc) is 2.63. The van der Waals surface area contributed by atoms with Gasteiger partial charge in [0, 0.05) is 5.56 Å². The number of Topliss-reactive ketones (excluding diaryl/α,β-unsaturated/α-hetero) is 1. The fourth-order valence-electron chi connectivity index (χ4n) is 2.05. The van der Waals surface area contributed by atoms with Crippen molar-refractivity contribution in [3.8, 4) is 0 Å². The molecule has 0 spiro atoms. The lowest BCUT2D eigenvalue weighted by Crippen LogP contribution is -2.30. The first kappa shape index (κ1) is 20.7. The molecule has 0 aromatic heterocycles. The molecule has 0 bridgehead atoms. The lowest BCUT2D eigenvalue weighted by atomic mass is 9.83. The van der Waals surface area contributed by atoms with Crippen LogP contribution in [0.3, 0.4) is 0 Å². The minimum atomic E-state index is -0.607. The van der Waals surface area contributed by atoms with Crippen LogP contribution in [0.5, 0.6) is 0 Å². The van der Waals surface area contributed by atoms with Crippen molar-refractivity contribution in [3.05, 3.63) is 47.9 Å². The van der Waals surface area contributed by atoms with Crippen LogP contribution in [0, 0.1) is 5.92 Å². The topological polar surface area (TPSA) is 61.8 Å².